The Balaban J connectivity index is 2.19. The molecule has 1 aromatic carbocycles. The van der Waals surface area contributed by atoms with Crippen molar-refractivity contribution in [1.82, 2.24) is 5.32 Å². The van der Waals surface area contributed by atoms with Crippen LogP contribution in [0.3, 0.4) is 0 Å². The molecule has 0 aliphatic rings. The molecule has 3 heteroatoms. The van der Waals surface area contributed by atoms with Crippen LogP contribution in [0.25, 0.3) is 0 Å². The van der Waals surface area contributed by atoms with Crippen molar-refractivity contribution in [2.75, 3.05) is 0 Å². The average Bonchev–Trinajstić information content (AvgIpc) is 2.34. The summed E-state index contributed by atoms with van der Waals surface area (Å²) in [5.74, 6) is 2.66. The molecular weight excluding hydrogens is 278 g/mol. The largest absolute Gasteiger partial charge is 0.352 e. The number of nitrogens with one attached hydrogen (secondary N) is 1. The van der Waals surface area contributed by atoms with E-state index < -0.39 is 0 Å². The Hall–Kier alpha value is -1.27. The van der Waals surface area contributed by atoms with E-state index in [-0.39, 0.29) is 5.91 Å². The Morgan fingerprint density at radius 2 is 2.00 bits per heavy atom. The zero-order valence-electron chi connectivity index (χ0n) is 9.71. The van der Waals surface area contributed by atoms with E-state index in [0.717, 1.165) is 29.3 Å². The Morgan fingerprint density at radius 1 is 1.29 bits per heavy atom. The highest BCUT2D eigenvalue weighted by atomic mass is 79.9. The topological polar surface area (TPSA) is 29.1 Å². The van der Waals surface area contributed by atoms with Gasteiger partial charge >= 0.3 is 0 Å². The molecule has 0 saturated carbocycles. The van der Waals surface area contributed by atoms with Gasteiger partial charge in [0.2, 0.25) is 5.91 Å². The number of amides is 1. The molecule has 0 unspecified atom stereocenters. The molecule has 0 saturated heterocycles. The highest BCUT2D eigenvalue weighted by Crippen LogP contribution is 2.10. The maximum Gasteiger partial charge on any atom is 0.220 e. The van der Waals surface area contributed by atoms with E-state index in [1.807, 2.05) is 24.3 Å². The van der Waals surface area contributed by atoms with Crippen LogP contribution in [0.2, 0.25) is 0 Å². The van der Waals surface area contributed by atoms with Crippen molar-refractivity contribution in [2.24, 2.45) is 0 Å². The molecule has 0 atom stereocenters. The first kappa shape index (κ1) is 13.8. The van der Waals surface area contributed by atoms with Gasteiger partial charge in [0, 0.05) is 23.9 Å². The van der Waals surface area contributed by atoms with Crippen molar-refractivity contribution >= 4 is 21.8 Å². The minimum absolute atomic E-state index is 0.0879. The average molecular weight is 294 g/mol. The Kier molecular flexibility index (Phi) is 6.42. The summed E-state index contributed by atoms with van der Waals surface area (Å²) in [6.45, 7) is 0.585. The number of carbonyl (C=O) groups is 1. The smallest absolute Gasteiger partial charge is 0.220 e. The first-order valence-electron chi connectivity index (χ1n) is 5.67. The fourth-order valence-electron chi connectivity index (χ4n) is 1.40. The van der Waals surface area contributed by atoms with Gasteiger partial charge in [-0.15, -0.1) is 12.3 Å². The van der Waals surface area contributed by atoms with E-state index in [9.17, 15) is 4.79 Å². The Labute approximate surface area is 111 Å². The lowest BCUT2D eigenvalue weighted by atomic mass is 10.2. The van der Waals surface area contributed by atoms with Gasteiger partial charge in [-0.25, -0.2) is 0 Å². The first-order chi connectivity index (χ1) is 8.22. The third kappa shape index (κ3) is 6.13. The van der Waals surface area contributed by atoms with Crippen molar-refractivity contribution in [3.63, 3.8) is 0 Å². The number of halogens is 1. The van der Waals surface area contributed by atoms with Crippen LogP contribution >= 0.6 is 15.9 Å². The predicted octanol–water partition coefficient (Wildman–Crippen LogP) is 3.26. The van der Waals surface area contributed by atoms with Crippen LogP contribution in [0.5, 0.6) is 0 Å². The third-order valence-electron chi connectivity index (χ3n) is 2.38. The second kappa shape index (κ2) is 7.92. The van der Waals surface area contributed by atoms with Gasteiger partial charge in [-0.2, -0.15) is 0 Å². The first-order valence-corrected chi connectivity index (χ1v) is 6.46. The summed E-state index contributed by atoms with van der Waals surface area (Å²) >= 11 is 3.37. The van der Waals surface area contributed by atoms with Gasteiger partial charge in [0.1, 0.15) is 0 Å². The van der Waals surface area contributed by atoms with Crippen molar-refractivity contribution in [1.29, 1.82) is 0 Å². The fourth-order valence-corrected chi connectivity index (χ4v) is 1.67. The third-order valence-corrected chi connectivity index (χ3v) is 2.91. The molecule has 2 nitrogen and oxygen atoms in total. The summed E-state index contributed by atoms with van der Waals surface area (Å²) < 4.78 is 1.04. The van der Waals surface area contributed by atoms with Crippen LogP contribution in [0.15, 0.2) is 28.7 Å². The molecule has 0 bridgehead atoms. The van der Waals surface area contributed by atoms with Gasteiger partial charge in [0.05, 0.1) is 0 Å². The summed E-state index contributed by atoms with van der Waals surface area (Å²) in [4.78, 5) is 11.5. The van der Waals surface area contributed by atoms with Crippen molar-refractivity contribution < 1.29 is 4.79 Å². The summed E-state index contributed by atoms with van der Waals surface area (Å²) in [7, 11) is 0. The van der Waals surface area contributed by atoms with E-state index in [4.69, 9.17) is 6.42 Å². The van der Waals surface area contributed by atoms with E-state index in [0.29, 0.717) is 13.0 Å². The molecule has 0 aliphatic heterocycles. The van der Waals surface area contributed by atoms with Crippen LogP contribution < -0.4 is 5.32 Å². The van der Waals surface area contributed by atoms with Gasteiger partial charge in [0.25, 0.3) is 0 Å². The molecular formula is C14H16BrNO. The zero-order valence-corrected chi connectivity index (χ0v) is 11.3. The van der Waals surface area contributed by atoms with E-state index in [2.05, 4.69) is 27.2 Å². The molecule has 1 aromatic rings. The maximum atomic E-state index is 11.5. The summed E-state index contributed by atoms with van der Waals surface area (Å²) in [6, 6.07) is 7.91. The highest BCUT2D eigenvalue weighted by Gasteiger charge is 2.00. The van der Waals surface area contributed by atoms with Crippen molar-refractivity contribution in [3.8, 4) is 12.3 Å². The lowest BCUT2D eigenvalue weighted by Crippen LogP contribution is -2.22. The molecule has 0 aromatic heterocycles. The van der Waals surface area contributed by atoms with Crippen LogP contribution in [-0.4, -0.2) is 5.91 Å². The second-order valence-corrected chi connectivity index (χ2v) is 4.73. The monoisotopic (exact) mass is 293 g/mol. The normalized spacial score (nSPS) is 9.65. The molecule has 1 amide bonds. The lowest BCUT2D eigenvalue weighted by Gasteiger charge is -2.05. The van der Waals surface area contributed by atoms with Crippen LogP contribution in [-0.2, 0) is 11.3 Å². The molecule has 0 spiro atoms. The molecule has 0 fully saturated rings. The Morgan fingerprint density at radius 3 is 2.65 bits per heavy atom. The number of hydrogen-bond acceptors (Lipinski definition) is 1. The fraction of sp³-hybridized carbons (Fsp3) is 0.357. The highest BCUT2D eigenvalue weighted by molar-refractivity contribution is 9.10. The quantitative estimate of drug-likeness (QED) is 0.633. The van der Waals surface area contributed by atoms with Gasteiger partial charge < -0.3 is 5.32 Å². The van der Waals surface area contributed by atoms with Crippen LogP contribution in [0.4, 0.5) is 0 Å². The number of carbonyl (C=O) groups excluding carboxylic acids is 1. The molecule has 0 aliphatic carbocycles. The number of benzene rings is 1. The zero-order chi connectivity index (χ0) is 12.5. The van der Waals surface area contributed by atoms with Crippen LogP contribution in [0, 0.1) is 12.3 Å². The minimum atomic E-state index is 0.0879. The number of rotatable bonds is 6. The van der Waals surface area contributed by atoms with Gasteiger partial charge in [-0.3, -0.25) is 4.79 Å². The molecule has 1 N–H and O–H groups in total. The van der Waals surface area contributed by atoms with Gasteiger partial charge in [-0.05, 0) is 30.5 Å². The molecule has 1 rings (SSSR count). The Bertz CT molecular complexity index is 392. The minimum Gasteiger partial charge on any atom is -0.352 e. The second-order valence-electron chi connectivity index (χ2n) is 3.81. The van der Waals surface area contributed by atoms with Gasteiger partial charge in [-0.1, -0.05) is 28.1 Å². The maximum absolute atomic E-state index is 11.5. The number of terminal acetylenes is 1. The number of hydrogen-bond donors (Lipinski definition) is 1. The summed E-state index contributed by atoms with van der Waals surface area (Å²) in [5, 5.41) is 2.89. The SMILES string of the molecule is C#CCCCCC(=O)NCc1ccc(Br)cc1. The van der Waals surface area contributed by atoms with E-state index >= 15 is 0 Å². The summed E-state index contributed by atoms with van der Waals surface area (Å²) in [6.07, 6.45) is 8.22. The molecule has 17 heavy (non-hydrogen) atoms. The standard InChI is InChI=1S/C14H16BrNO/c1-2-3-4-5-6-14(17)16-11-12-7-9-13(15)10-8-12/h1,7-10H,3-6,11H2,(H,16,17). The molecule has 90 valence electrons. The van der Waals surface area contributed by atoms with Crippen molar-refractivity contribution in [3.05, 3.63) is 34.3 Å². The predicted molar refractivity (Wildman–Crippen MR) is 73.3 cm³/mol. The van der Waals surface area contributed by atoms with Gasteiger partial charge in [0.15, 0.2) is 0 Å². The van der Waals surface area contributed by atoms with Crippen molar-refractivity contribution in [2.45, 2.75) is 32.2 Å². The van der Waals surface area contributed by atoms with Crippen LogP contribution in [0.1, 0.15) is 31.2 Å². The van der Waals surface area contributed by atoms with E-state index in [1.54, 1.807) is 0 Å². The molecule has 0 radical (unpaired) electrons. The number of unbranched alkanes of at least 4 members (excludes halogenated alkanes) is 2. The summed E-state index contributed by atoms with van der Waals surface area (Å²) in [5.41, 5.74) is 1.10. The lowest BCUT2D eigenvalue weighted by molar-refractivity contribution is -0.121. The van der Waals surface area contributed by atoms with E-state index in [1.165, 1.54) is 0 Å². The molecule has 0 heterocycles.